The van der Waals surface area contributed by atoms with Crippen molar-refractivity contribution in [2.45, 2.75) is 32.6 Å². The number of carbonyl (C=O) groups excluding carboxylic acids is 2. The highest BCUT2D eigenvalue weighted by Gasteiger charge is 2.62. The number of hydrogen-bond acceptors (Lipinski definition) is 10. The molecule has 1 amide bonds. The van der Waals surface area contributed by atoms with Crippen LogP contribution < -0.4 is 9.05 Å². The first-order valence-corrected chi connectivity index (χ1v) is 14.5. The molecule has 12 nitrogen and oxygen atoms in total. The van der Waals surface area contributed by atoms with Gasteiger partial charge in [0.2, 0.25) is 5.91 Å². The minimum absolute atomic E-state index is 0.126. The van der Waals surface area contributed by atoms with Crippen molar-refractivity contribution >= 4 is 25.4 Å². The Morgan fingerprint density at radius 1 is 0.976 bits per heavy atom. The van der Waals surface area contributed by atoms with Gasteiger partial charge in [0.15, 0.2) is 5.70 Å². The van der Waals surface area contributed by atoms with Gasteiger partial charge in [0.1, 0.15) is 23.9 Å². The third-order valence-electron chi connectivity index (χ3n) is 6.95. The van der Waals surface area contributed by atoms with E-state index in [1.54, 1.807) is 67.6 Å². The summed E-state index contributed by atoms with van der Waals surface area (Å²) in [6.45, 7) is 2.87. The monoisotopic (exact) mass is 594 g/mol. The first-order valence-electron chi connectivity index (χ1n) is 13.0. The summed E-state index contributed by atoms with van der Waals surface area (Å²) in [5.74, 6) is -2.82. The van der Waals surface area contributed by atoms with E-state index in [0.717, 1.165) is 0 Å². The smallest absolute Gasteiger partial charge is 0.456 e. The average molecular weight is 595 g/mol. The highest BCUT2D eigenvalue weighted by Crippen LogP contribution is 2.57. The summed E-state index contributed by atoms with van der Waals surface area (Å²) in [5, 5.41) is 21.2. The van der Waals surface area contributed by atoms with Crippen LogP contribution in [0.2, 0.25) is 0 Å². The fourth-order valence-electron chi connectivity index (χ4n) is 4.96. The summed E-state index contributed by atoms with van der Waals surface area (Å²) in [5.41, 5.74) is 0.0469. The van der Waals surface area contributed by atoms with E-state index in [0.29, 0.717) is 5.56 Å². The van der Waals surface area contributed by atoms with E-state index in [4.69, 9.17) is 18.3 Å². The Bertz CT molecular complexity index is 1510. The number of esters is 1. The van der Waals surface area contributed by atoms with E-state index >= 15 is 0 Å². The van der Waals surface area contributed by atoms with Crippen LogP contribution >= 0.6 is 7.82 Å². The zero-order valence-corrected chi connectivity index (χ0v) is 23.5. The molecule has 1 saturated heterocycles. The second-order valence-corrected chi connectivity index (χ2v) is 11.3. The fraction of sp³-hybridized carbons (Fsp3) is 0.241. The molecule has 3 unspecified atom stereocenters. The largest absolute Gasteiger partial charge is 0.646 e. The van der Waals surface area contributed by atoms with Crippen LogP contribution in [-0.4, -0.2) is 39.0 Å². The molecular weight excluding hydrogens is 567 g/mol. The Morgan fingerprint density at radius 2 is 1.52 bits per heavy atom. The number of amides is 1. The van der Waals surface area contributed by atoms with Crippen molar-refractivity contribution in [2.75, 3.05) is 0 Å². The minimum atomic E-state index is -4.54. The summed E-state index contributed by atoms with van der Waals surface area (Å²) < 4.78 is 37.0. The number of rotatable bonds is 11. The molecule has 2 aliphatic rings. The Kier molecular flexibility index (Phi) is 8.02. The lowest BCUT2D eigenvalue weighted by molar-refractivity contribution is -0.384. The average Bonchev–Trinajstić information content (AvgIpc) is 3.20. The maximum Gasteiger partial charge on any atom is 0.646 e. The molecule has 218 valence electrons. The number of para-hydroxylation sites is 2. The second kappa shape index (κ2) is 11.7. The standard InChI is InChI=1S/C29H27N2O10P/c1-18-25-24(19(2)32)28(33)30(25)26(29(34)38-17-20-13-15-21(16-14-20)31(35)36)27(18)41-42(37,39-22-9-5-3-6-10-22)40-23-11-7-4-8-12-23/h3-16,18-19,24-25,32H,17H2,1-2H3/t18?,19?,24?,25-/m1/s1. The summed E-state index contributed by atoms with van der Waals surface area (Å²) in [4.78, 5) is 38.1. The van der Waals surface area contributed by atoms with E-state index in [2.05, 4.69) is 0 Å². The van der Waals surface area contributed by atoms with Gasteiger partial charge in [-0.05, 0) is 48.9 Å². The van der Waals surface area contributed by atoms with E-state index < -0.39 is 48.6 Å². The van der Waals surface area contributed by atoms with Crippen molar-refractivity contribution in [3.8, 4) is 11.5 Å². The molecule has 3 aromatic rings. The number of phosphoric ester groups is 1. The quantitative estimate of drug-likeness (QED) is 0.106. The molecule has 0 bridgehead atoms. The molecule has 13 heteroatoms. The molecule has 1 fully saturated rings. The lowest BCUT2D eigenvalue weighted by atomic mass is 9.79. The van der Waals surface area contributed by atoms with Gasteiger partial charge in [-0.25, -0.2) is 4.79 Å². The summed E-state index contributed by atoms with van der Waals surface area (Å²) >= 11 is 0. The van der Waals surface area contributed by atoms with Crippen molar-refractivity contribution in [1.29, 1.82) is 0 Å². The third kappa shape index (κ3) is 5.72. The van der Waals surface area contributed by atoms with Crippen molar-refractivity contribution in [1.82, 2.24) is 4.90 Å². The number of nitrogens with zero attached hydrogens (tertiary/aromatic N) is 2. The van der Waals surface area contributed by atoms with E-state index in [1.165, 1.54) is 36.1 Å². The topological polar surface area (TPSA) is 155 Å². The Balaban J connectivity index is 1.48. The number of nitro groups is 1. The van der Waals surface area contributed by atoms with E-state index in [1.807, 2.05) is 0 Å². The number of aliphatic hydroxyl groups excluding tert-OH is 1. The molecule has 0 aromatic heterocycles. The highest BCUT2D eigenvalue weighted by atomic mass is 31.2. The minimum Gasteiger partial charge on any atom is -0.456 e. The van der Waals surface area contributed by atoms with Crippen LogP contribution in [0.15, 0.2) is 96.4 Å². The number of aliphatic hydroxyl groups is 1. The third-order valence-corrected chi connectivity index (χ3v) is 8.24. The molecule has 0 radical (unpaired) electrons. The molecule has 42 heavy (non-hydrogen) atoms. The number of hydrogen-bond donors (Lipinski definition) is 1. The van der Waals surface area contributed by atoms with Crippen molar-refractivity contribution < 1.29 is 42.5 Å². The SMILES string of the molecule is CC(O)C1C(=O)N2C(C(=O)OCc3ccc([N+](=O)[O-])cc3)=C(OP(=O)(Oc3ccccc3)Oc3ccccc3)C(C)[C@H]12. The number of nitro benzene ring substituents is 1. The normalized spacial score (nSPS) is 20.3. The molecule has 3 aromatic carbocycles. The molecule has 1 N–H and O–H groups in total. The molecule has 0 saturated carbocycles. The van der Waals surface area contributed by atoms with Crippen molar-refractivity contribution in [3.05, 3.63) is 112 Å². The molecule has 4 atom stereocenters. The number of fused-ring (bicyclic) bond motifs is 1. The number of carbonyl (C=O) groups is 2. The molecule has 5 rings (SSSR count). The van der Waals surface area contributed by atoms with Gasteiger partial charge in [0.25, 0.3) is 5.69 Å². The molecule has 2 heterocycles. The molecule has 2 aliphatic heterocycles. The van der Waals surface area contributed by atoms with Gasteiger partial charge in [0, 0.05) is 18.1 Å². The predicted octanol–water partition coefficient (Wildman–Crippen LogP) is 4.99. The summed E-state index contributed by atoms with van der Waals surface area (Å²) in [7, 11) is -4.54. The lowest BCUT2D eigenvalue weighted by Gasteiger charge is -2.46. The maximum absolute atomic E-state index is 14.2. The van der Waals surface area contributed by atoms with Crippen LogP contribution in [0.4, 0.5) is 5.69 Å². The van der Waals surface area contributed by atoms with Crippen molar-refractivity contribution in [2.24, 2.45) is 11.8 Å². The molecule has 0 aliphatic carbocycles. The van der Waals surface area contributed by atoms with Crippen LogP contribution in [0.5, 0.6) is 11.5 Å². The van der Waals surface area contributed by atoms with Gasteiger partial charge < -0.3 is 23.4 Å². The van der Waals surface area contributed by atoms with Gasteiger partial charge in [0.05, 0.1) is 23.0 Å². The van der Waals surface area contributed by atoms with Gasteiger partial charge in [-0.3, -0.25) is 19.8 Å². The van der Waals surface area contributed by atoms with Crippen LogP contribution in [0.1, 0.15) is 19.4 Å². The summed E-state index contributed by atoms with van der Waals surface area (Å²) in [6.07, 6.45) is -1.02. The zero-order valence-electron chi connectivity index (χ0n) is 22.6. The molecule has 0 spiro atoms. The number of non-ortho nitro benzene ring substituents is 1. The van der Waals surface area contributed by atoms with Gasteiger partial charge in [-0.15, -0.1) is 0 Å². The number of ether oxygens (including phenoxy) is 1. The number of benzene rings is 3. The first kappa shape index (κ1) is 28.8. The Hall–Kier alpha value is -4.67. The Morgan fingerprint density at radius 3 is 2.02 bits per heavy atom. The number of phosphoric acid groups is 1. The summed E-state index contributed by atoms with van der Waals surface area (Å²) in [6, 6.07) is 21.1. The van der Waals surface area contributed by atoms with Gasteiger partial charge >= 0.3 is 13.8 Å². The zero-order chi connectivity index (χ0) is 30.0. The Labute approximate surface area is 240 Å². The highest BCUT2D eigenvalue weighted by molar-refractivity contribution is 7.49. The number of β-lactam (4-membered cyclic amide) rings is 1. The van der Waals surface area contributed by atoms with E-state index in [-0.39, 0.29) is 35.2 Å². The van der Waals surface area contributed by atoms with E-state index in [9.17, 15) is 29.4 Å². The second-order valence-electron chi connectivity index (χ2n) is 9.81. The van der Waals surface area contributed by atoms with Crippen LogP contribution in [0.25, 0.3) is 0 Å². The van der Waals surface area contributed by atoms with Crippen molar-refractivity contribution in [3.63, 3.8) is 0 Å². The fourth-order valence-corrected chi connectivity index (χ4v) is 6.33. The van der Waals surface area contributed by atoms with Gasteiger partial charge in [-0.1, -0.05) is 43.3 Å². The predicted molar refractivity (Wildman–Crippen MR) is 148 cm³/mol. The maximum atomic E-state index is 14.2. The first-order chi connectivity index (χ1) is 20.1. The van der Waals surface area contributed by atoms with Gasteiger partial charge in [-0.2, -0.15) is 4.57 Å². The van der Waals surface area contributed by atoms with Crippen LogP contribution in [-0.2, 0) is 30.0 Å². The van der Waals surface area contributed by atoms with Crippen LogP contribution in [0, 0.1) is 22.0 Å². The van der Waals surface area contributed by atoms with Crippen LogP contribution in [0.3, 0.4) is 0 Å². The molecular formula is C29H27N2O10P. The lowest BCUT2D eigenvalue weighted by Crippen LogP contribution is -2.63.